The number of fused-ring (bicyclic) bond motifs is 1. The first-order valence-corrected chi connectivity index (χ1v) is 6.15. The van der Waals surface area contributed by atoms with Crippen molar-refractivity contribution in [3.05, 3.63) is 43.0 Å². The van der Waals surface area contributed by atoms with E-state index in [1.807, 2.05) is 6.07 Å². The van der Waals surface area contributed by atoms with Gasteiger partial charge in [-0.15, -0.1) is 0 Å². The Balaban J connectivity index is 2.01. The van der Waals surface area contributed by atoms with E-state index in [0.717, 1.165) is 15.5 Å². The van der Waals surface area contributed by atoms with Gasteiger partial charge in [0.25, 0.3) is 0 Å². The molecule has 3 rings (SSSR count). The van der Waals surface area contributed by atoms with Crippen molar-refractivity contribution in [3.8, 4) is 11.6 Å². The Morgan fingerprint density at radius 3 is 2.67 bits per heavy atom. The van der Waals surface area contributed by atoms with E-state index in [1.165, 1.54) is 6.33 Å². The Kier molecular flexibility index (Phi) is 2.90. The first kappa shape index (κ1) is 11.1. The second-order valence-corrected chi connectivity index (χ2v) is 4.39. The van der Waals surface area contributed by atoms with Gasteiger partial charge in [-0.05, 0) is 0 Å². The molecule has 3 aromatic rings. The quantitative estimate of drug-likeness (QED) is 0.661. The second kappa shape index (κ2) is 4.70. The molecular weight excluding hydrogens is 291 g/mol. The minimum atomic E-state index is 0.510. The Labute approximate surface area is 112 Å². The van der Waals surface area contributed by atoms with Crippen LogP contribution in [0, 0.1) is 0 Å². The van der Waals surface area contributed by atoms with Crippen LogP contribution in [0.15, 0.2) is 43.0 Å². The standard InChI is InChI=1S/C12H7AsN4O/c13-12-11-9(15-7-16-12)1-2-10(17-11)18-8-3-5-14-6-4-8/h1-7H. The minimum absolute atomic E-state index is 0.510. The molecule has 18 heavy (non-hydrogen) atoms. The Bertz CT molecular complexity index is 690. The van der Waals surface area contributed by atoms with E-state index < -0.39 is 0 Å². The molecule has 3 heterocycles. The number of aromatic nitrogens is 4. The zero-order valence-electron chi connectivity index (χ0n) is 9.19. The number of hydrogen-bond donors (Lipinski definition) is 0. The average molecular weight is 298 g/mol. The van der Waals surface area contributed by atoms with Crippen LogP contribution in [0.1, 0.15) is 0 Å². The molecule has 86 valence electrons. The number of hydrogen-bond acceptors (Lipinski definition) is 5. The summed E-state index contributed by atoms with van der Waals surface area (Å²) in [5, 5.41) is 0. The van der Waals surface area contributed by atoms with E-state index in [-0.39, 0.29) is 0 Å². The summed E-state index contributed by atoms with van der Waals surface area (Å²) < 4.78 is 6.40. The molecule has 0 fully saturated rings. The normalized spacial score (nSPS) is 10.5. The fourth-order valence-electron chi connectivity index (χ4n) is 1.49. The van der Waals surface area contributed by atoms with E-state index in [4.69, 9.17) is 4.74 Å². The summed E-state index contributed by atoms with van der Waals surface area (Å²) in [7, 11) is 0. The fraction of sp³-hybridized carbons (Fsp3) is 0. The molecule has 0 atom stereocenters. The molecule has 0 bridgehead atoms. The van der Waals surface area contributed by atoms with Gasteiger partial charge in [0.2, 0.25) is 0 Å². The maximum atomic E-state index is 5.63. The topological polar surface area (TPSA) is 60.8 Å². The molecule has 0 aliphatic heterocycles. The first-order valence-electron chi connectivity index (χ1n) is 5.21. The summed E-state index contributed by atoms with van der Waals surface area (Å²) >= 11 is 2.38. The number of nitrogens with zero attached hydrogens (tertiary/aromatic N) is 4. The van der Waals surface area contributed by atoms with Crippen LogP contribution in [0.3, 0.4) is 0 Å². The molecule has 0 saturated heterocycles. The number of pyridine rings is 2. The van der Waals surface area contributed by atoms with Crippen LogP contribution in [0.2, 0.25) is 0 Å². The summed E-state index contributed by atoms with van der Waals surface area (Å²) in [4.78, 5) is 16.5. The van der Waals surface area contributed by atoms with Crippen LogP contribution in [0.25, 0.3) is 11.0 Å². The molecule has 0 spiro atoms. The Hall–Kier alpha value is -2.00. The van der Waals surface area contributed by atoms with Gasteiger partial charge in [0.1, 0.15) is 0 Å². The van der Waals surface area contributed by atoms with Gasteiger partial charge in [0.15, 0.2) is 0 Å². The third-order valence-corrected chi connectivity index (χ3v) is 3.00. The van der Waals surface area contributed by atoms with Crippen molar-refractivity contribution in [2.24, 2.45) is 0 Å². The van der Waals surface area contributed by atoms with Crippen LogP contribution in [0.5, 0.6) is 11.6 Å². The van der Waals surface area contributed by atoms with Crippen LogP contribution >= 0.6 is 0 Å². The molecule has 0 aliphatic carbocycles. The van der Waals surface area contributed by atoms with Crippen molar-refractivity contribution in [3.63, 3.8) is 0 Å². The molecule has 0 aliphatic rings. The summed E-state index contributed by atoms with van der Waals surface area (Å²) in [6.07, 6.45) is 4.85. The monoisotopic (exact) mass is 298 g/mol. The zero-order chi connectivity index (χ0) is 12.4. The third-order valence-electron chi connectivity index (χ3n) is 2.31. The molecule has 5 nitrogen and oxygen atoms in total. The molecule has 0 unspecified atom stereocenters. The maximum absolute atomic E-state index is 5.63. The molecule has 2 radical (unpaired) electrons. The molecule has 0 aromatic carbocycles. The molecule has 0 amide bonds. The summed E-state index contributed by atoms with van der Waals surface area (Å²) in [6, 6.07) is 7.19. The van der Waals surface area contributed by atoms with Crippen molar-refractivity contribution < 1.29 is 4.74 Å². The van der Waals surface area contributed by atoms with E-state index in [2.05, 4.69) is 36.8 Å². The van der Waals surface area contributed by atoms with Crippen LogP contribution in [0.4, 0.5) is 0 Å². The van der Waals surface area contributed by atoms with Gasteiger partial charge in [-0.25, -0.2) is 0 Å². The van der Waals surface area contributed by atoms with Crippen molar-refractivity contribution in [1.29, 1.82) is 0 Å². The number of ether oxygens (including phenoxy) is 1. The predicted octanol–water partition coefficient (Wildman–Crippen LogP) is 1.01. The molecule has 6 heteroatoms. The average Bonchev–Trinajstić information content (AvgIpc) is 2.41. The summed E-state index contributed by atoms with van der Waals surface area (Å²) in [6.45, 7) is 0. The second-order valence-electron chi connectivity index (χ2n) is 3.50. The third kappa shape index (κ3) is 2.17. The Morgan fingerprint density at radius 2 is 1.83 bits per heavy atom. The summed E-state index contributed by atoms with van der Waals surface area (Å²) in [5.74, 6) is 1.21. The summed E-state index contributed by atoms with van der Waals surface area (Å²) in [5.41, 5.74) is 1.52. The molecule has 3 aromatic heterocycles. The van der Waals surface area contributed by atoms with Gasteiger partial charge in [0, 0.05) is 0 Å². The number of rotatable bonds is 2. The van der Waals surface area contributed by atoms with E-state index >= 15 is 0 Å². The van der Waals surface area contributed by atoms with Gasteiger partial charge in [-0.2, -0.15) is 0 Å². The van der Waals surface area contributed by atoms with Gasteiger partial charge in [-0.1, -0.05) is 0 Å². The van der Waals surface area contributed by atoms with E-state index in [1.54, 1.807) is 30.6 Å². The van der Waals surface area contributed by atoms with Crippen LogP contribution in [-0.2, 0) is 0 Å². The predicted molar refractivity (Wildman–Crippen MR) is 67.0 cm³/mol. The fourth-order valence-corrected chi connectivity index (χ4v) is 1.95. The Morgan fingerprint density at radius 1 is 1.00 bits per heavy atom. The van der Waals surface area contributed by atoms with Crippen molar-refractivity contribution in [2.45, 2.75) is 0 Å². The molecule has 0 N–H and O–H groups in total. The van der Waals surface area contributed by atoms with Crippen molar-refractivity contribution in [1.82, 2.24) is 19.9 Å². The van der Waals surface area contributed by atoms with Gasteiger partial charge in [0.05, 0.1) is 0 Å². The van der Waals surface area contributed by atoms with E-state index in [0.29, 0.717) is 11.6 Å². The first-order chi connectivity index (χ1) is 8.83. The SMILES string of the molecule is [As]c1ncnc2ccc(Oc3ccncc3)nc12. The van der Waals surface area contributed by atoms with Crippen LogP contribution in [-0.4, -0.2) is 36.8 Å². The van der Waals surface area contributed by atoms with Gasteiger partial charge < -0.3 is 0 Å². The van der Waals surface area contributed by atoms with Crippen molar-refractivity contribution in [2.75, 3.05) is 0 Å². The zero-order valence-corrected chi connectivity index (χ0v) is 11.1. The van der Waals surface area contributed by atoms with E-state index in [9.17, 15) is 0 Å². The van der Waals surface area contributed by atoms with Gasteiger partial charge in [-0.3, -0.25) is 0 Å². The molecular formula is C12H7AsN4O. The van der Waals surface area contributed by atoms with Gasteiger partial charge >= 0.3 is 112 Å². The van der Waals surface area contributed by atoms with Crippen LogP contribution < -0.4 is 9.22 Å². The van der Waals surface area contributed by atoms with Crippen molar-refractivity contribution >= 4 is 32.4 Å². The molecule has 0 saturated carbocycles.